The van der Waals surface area contributed by atoms with E-state index in [1.165, 1.54) is 0 Å². The third-order valence-electron chi connectivity index (χ3n) is 1.60. The smallest absolute Gasteiger partial charge is 0.342 e. The predicted molar refractivity (Wildman–Crippen MR) is 45.9 cm³/mol. The van der Waals surface area contributed by atoms with Crippen molar-refractivity contribution in [1.29, 1.82) is 0 Å². The molecule has 0 spiro atoms. The number of carbonyl (C=O) groups is 1. The van der Waals surface area contributed by atoms with E-state index < -0.39 is 11.5 Å². The van der Waals surface area contributed by atoms with Crippen molar-refractivity contribution in [3.05, 3.63) is 27.9 Å². The molecule has 13 heavy (non-hydrogen) atoms. The molecule has 0 aromatic carbocycles. The van der Waals surface area contributed by atoms with Crippen LogP contribution in [0.5, 0.6) is 0 Å². The molecule has 1 aromatic heterocycles. The molecule has 0 aliphatic carbocycles. The van der Waals surface area contributed by atoms with Gasteiger partial charge in [-0.1, -0.05) is 13.8 Å². The van der Waals surface area contributed by atoms with Crippen molar-refractivity contribution in [3.8, 4) is 0 Å². The Morgan fingerprint density at radius 1 is 1.62 bits per heavy atom. The van der Waals surface area contributed by atoms with Crippen molar-refractivity contribution in [2.75, 3.05) is 0 Å². The summed E-state index contributed by atoms with van der Waals surface area (Å²) in [5, 5.41) is 8.54. The Labute approximate surface area is 74.4 Å². The van der Waals surface area contributed by atoms with E-state index in [0.29, 0.717) is 5.82 Å². The summed E-state index contributed by atoms with van der Waals surface area (Å²) in [5.41, 5.74) is -0.935. The number of aromatic nitrogens is 2. The van der Waals surface area contributed by atoms with Crippen LogP contribution in [0.25, 0.3) is 0 Å². The van der Waals surface area contributed by atoms with E-state index in [0.717, 1.165) is 6.20 Å². The van der Waals surface area contributed by atoms with Gasteiger partial charge in [0.1, 0.15) is 11.4 Å². The second-order valence-corrected chi connectivity index (χ2v) is 2.97. The first-order chi connectivity index (χ1) is 6.02. The zero-order valence-corrected chi connectivity index (χ0v) is 7.37. The molecule has 0 saturated heterocycles. The molecule has 0 amide bonds. The van der Waals surface area contributed by atoms with Crippen LogP contribution in [0.15, 0.2) is 11.0 Å². The van der Waals surface area contributed by atoms with Gasteiger partial charge in [0.25, 0.3) is 5.56 Å². The Morgan fingerprint density at radius 2 is 2.23 bits per heavy atom. The highest BCUT2D eigenvalue weighted by Gasteiger charge is 2.10. The average molecular weight is 182 g/mol. The van der Waals surface area contributed by atoms with Gasteiger partial charge in [0.2, 0.25) is 0 Å². The number of nitrogens with one attached hydrogen (secondary N) is 1. The zero-order valence-electron chi connectivity index (χ0n) is 7.37. The number of nitrogens with zero attached hydrogens (tertiary/aromatic N) is 1. The number of rotatable bonds is 2. The molecule has 0 aliphatic rings. The molecule has 0 radical (unpaired) electrons. The molecule has 5 nitrogen and oxygen atoms in total. The van der Waals surface area contributed by atoms with E-state index in [-0.39, 0.29) is 11.5 Å². The molecule has 1 heterocycles. The molecule has 2 N–H and O–H groups in total. The van der Waals surface area contributed by atoms with Gasteiger partial charge in [-0.25, -0.2) is 9.78 Å². The summed E-state index contributed by atoms with van der Waals surface area (Å²) in [6, 6.07) is 0. The molecule has 1 aromatic rings. The lowest BCUT2D eigenvalue weighted by atomic mass is 10.2. The Hall–Kier alpha value is -1.65. The molecule has 70 valence electrons. The summed E-state index contributed by atoms with van der Waals surface area (Å²) >= 11 is 0. The fourth-order valence-electron chi connectivity index (χ4n) is 0.854. The van der Waals surface area contributed by atoms with E-state index in [1.807, 2.05) is 13.8 Å². The normalized spacial score (nSPS) is 10.4. The average Bonchev–Trinajstić information content (AvgIpc) is 2.03. The van der Waals surface area contributed by atoms with Crippen molar-refractivity contribution in [1.82, 2.24) is 9.97 Å². The van der Waals surface area contributed by atoms with Gasteiger partial charge in [-0.3, -0.25) is 4.79 Å². The van der Waals surface area contributed by atoms with Gasteiger partial charge in [0.15, 0.2) is 0 Å². The first-order valence-electron chi connectivity index (χ1n) is 3.85. The van der Waals surface area contributed by atoms with Crippen LogP contribution in [0.4, 0.5) is 0 Å². The van der Waals surface area contributed by atoms with Gasteiger partial charge in [-0.05, 0) is 0 Å². The Bertz CT molecular complexity index is 381. The summed E-state index contributed by atoms with van der Waals surface area (Å²) < 4.78 is 0. The quantitative estimate of drug-likeness (QED) is 0.701. The lowest BCUT2D eigenvalue weighted by Crippen LogP contribution is -2.20. The van der Waals surface area contributed by atoms with Crippen molar-refractivity contribution in [2.24, 2.45) is 0 Å². The Morgan fingerprint density at radius 3 is 2.62 bits per heavy atom. The number of aromatic amines is 1. The van der Waals surface area contributed by atoms with Crippen molar-refractivity contribution in [2.45, 2.75) is 19.8 Å². The van der Waals surface area contributed by atoms with Gasteiger partial charge < -0.3 is 10.1 Å². The number of H-pyrrole nitrogens is 1. The highest BCUT2D eigenvalue weighted by atomic mass is 16.4. The summed E-state index contributed by atoms with van der Waals surface area (Å²) in [6.45, 7) is 3.72. The highest BCUT2D eigenvalue weighted by Crippen LogP contribution is 2.05. The topological polar surface area (TPSA) is 83.0 Å². The molecule has 1 rings (SSSR count). The van der Waals surface area contributed by atoms with Gasteiger partial charge in [0.05, 0.1) is 0 Å². The number of aromatic carboxylic acids is 1. The van der Waals surface area contributed by atoms with Crippen LogP contribution >= 0.6 is 0 Å². The molecule has 0 saturated carbocycles. The lowest BCUT2D eigenvalue weighted by molar-refractivity contribution is 0.0694. The van der Waals surface area contributed by atoms with E-state index in [1.54, 1.807) is 0 Å². The third kappa shape index (κ3) is 1.93. The molecular formula is C8H10N2O3. The second kappa shape index (κ2) is 3.38. The van der Waals surface area contributed by atoms with Gasteiger partial charge >= 0.3 is 5.97 Å². The van der Waals surface area contributed by atoms with Crippen molar-refractivity contribution < 1.29 is 9.90 Å². The van der Waals surface area contributed by atoms with Crippen LogP contribution < -0.4 is 5.56 Å². The number of carboxylic acids is 1. The van der Waals surface area contributed by atoms with Crippen LogP contribution in [0.2, 0.25) is 0 Å². The SMILES string of the molecule is CC(C)c1ncc(C(=O)O)c(=O)[nH]1. The monoisotopic (exact) mass is 182 g/mol. The minimum absolute atomic E-state index is 0.0792. The van der Waals surface area contributed by atoms with Crippen molar-refractivity contribution >= 4 is 5.97 Å². The van der Waals surface area contributed by atoms with Gasteiger partial charge in [-0.15, -0.1) is 0 Å². The minimum atomic E-state index is -1.26. The van der Waals surface area contributed by atoms with Crippen molar-refractivity contribution in [3.63, 3.8) is 0 Å². The molecule has 0 fully saturated rings. The summed E-state index contributed by atoms with van der Waals surface area (Å²) in [5.74, 6) is -0.686. The van der Waals surface area contributed by atoms with Crippen LogP contribution in [0.3, 0.4) is 0 Å². The first-order valence-corrected chi connectivity index (χ1v) is 3.85. The summed E-state index contributed by atoms with van der Waals surface area (Å²) in [7, 11) is 0. The van der Waals surface area contributed by atoms with Gasteiger partial charge in [0, 0.05) is 12.1 Å². The zero-order chi connectivity index (χ0) is 10.0. The van der Waals surface area contributed by atoms with E-state index in [2.05, 4.69) is 9.97 Å². The Kier molecular flexibility index (Phi) is 2.46. The summed E-state index contributed by atoms with van der Waals surface area (Å²) in [6.07, 6.45) is 1.08. The van der Waals surface area contributed by atoms with E-state index >= 15 is 0 Å². The number of hydrogen-bond donors (Lipinski definition) is 2. The fourth-order valence-corrected chi connectivity index (χ4v) is 0.854. The van der Waals surface area contributed by atoms with E-state index in [4.69, 9.17) is 5.11 Å². The molecular weight excluding hydrogens is 172 g/mol. The van der Waals surface area contributed by atoms with Gasteiger partial charge in [-0.2, -0.15) is 0 Å². The highest BCUT2D eigenvalue weighted by molar-refractivity contribution is 5.86. The molecule has 5 heteroatoms. The van der Waals surface area contributed by atoms with Crippen LogP contribution in [0, 0.1) is 0 Å². The maximum absolute atomic E-state index is 11.1. The first kappa shape index (κ1) is 9.44. The summed E-state index contributed by atoms with van der Waals surface area (Å²) in [4.78, 5) is 27.8. The number of carboxylic acid groups (broad SMARTS) is 1. The molecule has 0 aliphatic heterocycles. The molecule has 0 bridgehead atoms. The predicted octanol–water partition coefficient (Wildman–Crippen LogP) is 0.591. The largest absolute Gasteiger partial charge is 0.477 e. The minimum Gasteiger partial charge on any atom is -0.477 e. The lowest BCUT2D eigenvalue weighted by Gasteiger charge is -2.02. The standard InChI is InChI=1S/C8H10N2O3/c1-4(2)6-9-3-5(8(12)13)7(11)10-6/h3-4H,1-2H3,(H,12,13)(H,9,10,11). The molecule has 0 unspecified atom stereocenters. The molecule has 0 atom stereocenters. The fraction of sp³-hybridized carbons (Fsp3) is 0.375. The van der Waals surface area contributed by atoms with Crippen LogP contribution in [-0.2, 0) is 0 Å². The van der Waals surface area contributed by atoms with Crippen LogP contribution in [-0.4, -0.2) is 21.0 Å². The number of hydrogen-bond acceptors (Lipinski definition) is 3. The second-order valence-electron chi connectivity index (χ2n) is 2.97. The third-order valence-corrected chi connectivity index (χ3v) is 1.60. The maximum atomic E-state index is 11.1. The van der Waals surface area contributed by atoms with E-state index in [9.17, 15) is 9.59 Å². The van der Waals surface area contributed by atoms with Crippen LogP contribution in [0.1, 0.15) is 35.9 Å². The maximum Gasteiger partial charge on any atom is 0.342 e. The Balaban J connectivity index is 3.21.